The van der Waals surface area contributed by atoms with Gasteiger partial charge in [-0.2, -0.15) is 0 Å². The van der Waals surface area contributed by atoms with E-state index < -0.39 is 23.2 Å². The average Bonchev–Trinajstić information content (AvgIpc) is 3.35. The summed E-state index contributed by atoms with van der Waals surface area (Å²) in [5.41, 5.74) is 0.00580. The number of aryl methyl sites for hydroxylation is 1. The van der Waals surface area contributed by atoms with E-state index in [0.29, 0.717) is 17.2 Å². The van der Waals surface area contributed by atoms with Gasteiger partial charge in [-0.3, -0.25) is 23.5 Å². The number of Topliss-reactive ketones (excluding diaryl/α,β-unsaturated/α-hetero) is 1. The predicted octanol–water partition coefficient (Wildman–Crippen LogP) is 1.38. The van der Waals surface area contributed by atoms with Crippen molar-refractivity contribution in [1.82, 2.24) is 33.6 Å². The molecule has 5 heterocycles. The summed E-state index contributed by atoms with van der Waals surface area (Å²) in [6.45, 7) is 4.99. The van der Waals surface area contributed by atoms with Crippen molar-refractivity contribution < 1.29 is 9.59 Å². The number of fused-ring (bicyclic) bond motifs is 2. The van der Waals surface area contributed by atoms with Crippen molar-refractivity contribution in [2.24, 2.45) is 18.9 Å². The molecule has 1 saturated heterocycles. The molecule has 0 radical (unpaired) electrons. The number of carbonyl (C=O) groups excluding carboxylic acids is 2. The van der Waals surface area contributed by atoms with Gasteiger partial charge in [-0.15, -0.1) is 0 Å². The number of rotatable bonds is 8. The quantitative estimate of drug-likeness (QED) is 0.348. The highest BCUT2D eigenvalue weighted by atomic mass is 16.2. The van der Waals surface area contributed by atoms with Gasteiger partial charge in [0.2, 0.25) is 5.91 Å². The summed E-state index contributed by atoms with van der Waals surface area (Å²) in [6, 6.07) is 4.34. The molecular formula is C27H29N9O4. The summed E-state index contributed by atoms with van der Waals surface area (Å²) in [4.78, 5) is 71.3. The number of anilines is 2. The first-order valence-corrected chi connectivity index (χ1v) is 13.3. The molecule has 13 nitrogen and oxygen atoms in total. The molecule has 1 amide bonds. The number of hydrogen-bond acceptors (Lipinski definition) is 9. The predicted molar refractivity (Wildman–Crippen MR) is 147 cm³/mol. The third-order valence-corrected chi connectivity index (χ3v) is 7.79. The fourth-order valence-corrected chi connectivity index (χ4v) is 5.22. The number of imidazole rings is 1. The van der Waals surface area contributed by atoms with Gasteiger partial charge in [-0.1, -0.05) is 13.0 Å². The Morgan fingerprint density at radius 3 is 2.55 bits per heavy atom. The first-order valence-electron chi connectivity index (χ1n) is 13.3. The highest BCUT2D eigenvalue weighted by Gasteiger charge is 2.45. The van der Waals surface area contributed by atoms with Gasteiger partial charge in [-0.05, 0) is 37.3 Å². The maximum Gasteiger partial charge on any atom is 0.332 e. The van der Waals surface area contributed by atoms with Gasteiger partial charge in [0, 0.05) is 26.6 Å². The maximum absolute atomic E-state index is 13.2. The zero-order chi connectivity index (χ0) is 28.1. The van der Waals surface area contributed by atoms with E-state index in [9.17, 15) is 19.2 Å². The van der Waals surface area contributed by atoms with Crippen molar-refractivity contribution in [2.45, 2.75) is 39.3 Å². The van der Waals surface area contributed by atoms with Crippen LogP contribution in [0.4, 0.5) is 11.6 Å². The molecule has 0 aromatic carbocycles. The zero-order valence-corrected chi connectivity index (χ0v) is 22.4. The Hall–Kier alpha value is -4.68. The highest BCUT2D eigenvalue weighted by Crippen LogP contribution is 2.45. The van der Waals surface area contributed by atoms with Crippen molar-refractivity contribution >= 4 is 34.5 Å². The summed E-state index contributed by atoms with van der Waals surface area (Å²) in [5.74, 6) is 2.06. The van der Waals surface area contributed by atoms with Gasteiger partial charge in [0.1, 0.15) is 23.4 Å². The third-order valence-electron chi connectivity index (χ3n) is 7.79. The fourth-order valence-electron chi connectivity index (χ4n) is 5.22. The minimum atomic E-state index is -0.873. The van der Waals surface area contributed by atoms with Crippen LogP contribution in [0.3, 0.4) is 0 Å². The second kappa shape index (κ2) is 9.81. The van der Waals surface area contributed by atoms with E-state index in [1.54, 1.807) is 44.4 Å². The lowest BCUT2D eigenvalue weighted by Crippen LogP contribution is -2.41. The van der Waals surface area contributed by atoms with Gasteiger partial charge < -0.3 is 14.8 Å². The van der Waals surface area contributed by atoms with Crippen molar-refractivity contribution in [3.63, 3.8) is 0 Å². The monoisotopic (exact) mass is 543 g/mol. The van der Waals surface area contributed by atoms with Crippen LogP contribution in [0.1, 0.15) is 32.7 Å². The Morgan fingerprint density at radius 1 is 1.07 bits per heavy atom. The third kappa shape index (κ3) is 4.46. The van der Waals surface area contributed by atoms with Crippen LogP contribution in [-0.4, -0.2) is 58.4 Å². The van der Waals surface area contributed by atoms with Crippen molar-refractivity contribution in [2.75, 3.05) is 23.3 Å². The first-order chi connectivity index (χ1) is 19.2. The second-order valence-corrected chi connectivity index (χ2v) is 10.4. The number of carbonyl (C=O) groups is 2. The maximum atomic E-state index is 13.2. The van der Waals surface area contributed by atoms with E-state index in [2.05, 4.69) is 30.2 Å². The van der Waals surface area contributed by atoms with Crippen molar-refractivity contribution in [3.8, 4) is 11.4 Å². The van der Waals surface area contributed by atoms with Gasteiger partial charge in [-0.25, -0.2) is 24.7 Å². The largest absolute Gasteiger partial charge is 0.355 e. The molecule has 1 N–H and O–H groups in total. The van der Waals surface area contributed by atoms with E-state index in [1.165, 1.54) is 28.9 Å². The number of nitrogens with one attached hydrogen (secondary N) is 1. The summed E-state index contributed by atoms with van der Waals surface area (Å²) < 4.78 is 3.47. The molecule has 40 heavy (non-hydrogen) atoms. The Kier molecular flexibility index (Phi) is 6.28. The molecule has 4 aromatic heterocycles. The molecule has 13 heteroatoms. The molecule has 1 aliphatic heterocycles. The molecule has 3 atom stereocenters. The van der Waals surface area contributed by atoms with E-state index in [0.717, 1.165) is 35.3 Å². The number of amides is 1. The molecule has 2 fully saturated rings. The Bertz CT molecular complexity index is 1740. The molecule has 0 bridgehead atoms. The molecular weight excluding hydrogens is 514 g/mol. The minimum Gasteiger partial charge on any atom is -0.355 e. The first kappa shape index (κ1) is 25.6. The van der Waals surface area contributed by atoms with Gasteiger partial charge in [0.05, 0.1) is 31.0 Å². The Morgan fingerprint density at radius 2 is 1.85 bits per heavy atom. The SMILES string of the molecule is CCC(=O)Cn1c(=O)c2c(ncn2C(C)C(=O)Nc2cccc(-c3cnc(N4CC5CC5C4)cn3)n2)n(C)c1=O. The van der Waals surface area contributed by atoms with E-state index in [-0.39, 0.29) is 29.9 Å². The molecule has 2 aliphatic rings. The van der Waals surface area contributed by atoms with E-state index >= 15 is 0 Å². The highest BCUT2D eigenvalue weighted by molar-refractivity contribution is 5.93. The average molecular weight is 544 g/mol. The van der Waals surface area contributed by atoms with Crippen LogP contribution in [0.15, 0.2) is 46.5 Å². The van der Waals surface area contributed by atoms with Crippen molar-refractivity contribution in [3.05, 3.63) is 57.8 Å². The van der Waals surface area contributed by atoms with Gasteiger partial charge in [0.25, 0.3) is 5.56 Å². The second-order valence-electron chi connectivity index (χ2n) is 10.4. The number of aromatic nitrogens is 7. The van der Waals surface area contributed by atoms with Crippen LogP contribution in [0, 0.1) is 11.8 Å². The summed E-state index contributed by atoms with van der Waals surface area (Å²) >= 11 is 0. The molecule has 1 aliphatic carbocycles. The van der Waals surface area contributed by atoms with Gasteiger partial charge >= 0.3 is 5.69 Å². The Labute approximate surface area is 228 Å². The topological polar surface area (TPSA) is 150 Å². The van der Waals surface area contributed by atoms with E-state index in [4.69, 9.17) is 0 Å². The molecule has 1 saturated carbocycles. The molecule has 3 unspecified atom stereocenters. The van der Waals surface area contributed by atoms with Gasteiger partial charge in [0.15, 0.2) is 16.9 Å². The number of ketones is 1. The van der Waals surface area contributed by atoms with Crippen LogP contribution < -0.4 is 21.5 Å². The molecule has 4 aromatic rings. The fraction of sp³-hybridized carbons (Fsp3) is 0.407. The van der Waals surface area contributed by atoms with Crippen molar-refractivity contribution in [1.29, 1.82) is 0 Å². The molecule has 206 valence electrons. The number of hydrogen-bond donors (Lipinski definition) is 1. The summed E-state index contributed by atoms with van der Waals surface area (Å²) in [5, 5.41) is 2.79. The Balaban J connectivity index is 1.22. The van der Waals surface area contributed by atoms with Crippen LogP contribution in [0.2, 0.25) is 0 Å². The van der Waals surface area contributed by atoms with Crippen LogP contribution in [-0.2, 0) is 23.2 Å². The zero-order valence-electron chi connectivity index (χ0n) is 22.4. The lowest BCUT2D eigenvalue weighted by molar-refractivity contribution is -0.120. The lowest BCUT2D eigenvalue weighted by Gasteiger charge is -2.18. The molecule has 6 rings (SSSR count). The van der Waals surface area contributed by atoms with E-state index in [1.807, 2.05) is 0 Å². The number of nitrogens with zero attached hydrogens (tertiary/aromatic N) is 8. The van der Waals surface area contributed by atoms with Crippen LogP contribution >= 0.6 is 0 Å². The summed E-state index contributed by atoms with van der Waals surface area (Å²) in [6.07, 6.45) is 6.29. The smallest absolute Gasteiger partial charge is 0.332 e. The normalized spacial score (nSPS) is 18.5. The number of pyridine rings is 1. The van der Waals surface area contributed by atoms with Crippen LogP contribution in [0.25, 0.3) is 22.6 Å². The minimum absolute atomic E-state index is 0.0565. The molecule has 0 spiro atoms. The van der Waals surface area contributed by atoms with Crippen LogP contribution in [0.5, 0.6) is 0 Å². The standard InChI is InChI=1S/C27H29N9O4/c1-4-18(37)13-35-26(39)23-24(33(3)27(35)40)30-14-36(23)15(2)25(38)32-21-7-5-6-19(31-21)20-9-29-22(10-28-20)34-11-16-8-17(16)12-34/h5-7,9-10,14-17H,4,8,11-13H2,1-3H3,(H,31,32,38). The summed E-state index contributed by atoms with van der Waals surface area (Å²) in [7, 11) is 1.47. The number of piperidine rings is 1. The lowest BCUT2D eigenvalue weighted by atomic mass is 10.2.